The molecule has 1 N–H and O–H groups in total. The lowest BCUT2D eigenvalue weighted by molar-refractivity contribution is 0.0523. The van der Waals surface area contributed by atoms with E-state index in [2.05, 4.69) is 39.2 Å². The van der Waals surface area contributed by atoms with Gasteiger partial charge in [-0.05, 0) is 56.6 Å². The minimum atomic E-state index is -1.94. The van der Waals surface area contributed by atoms with Crippen LogP contribution >= 0.6 is 0 Å². The number of amides is 1. The number of alkyl carbamates (subject to hydrolysis) is 1. The summed E-state index contributed by atoms with van der Waals surface area (Å²) in [5.41, 5.74) is 0.410. The lowest BCUT2D eigenvalue weighted by Crippen LogP contribution is -2.43. The van der Waals surface area contributed by atoms with Crippen LogP contribution in [0, 0.1) is 0 Å². The van der Waals surface area contributed by atoms with Crippen molar-refractivity contribution in [3.05, 3.63) is 23.8 Å². The van der Waals surface area contributed by atoms with Gasteiger partial charge >= 0.3 is 6.09 Å². The molecule has 0 atom stereocenters. The van der Waals surface area contributed by atoms with Gasteiger partial charge in [-0.15, -0.1) is 0 Å². The number of carbonyl (C=O) groups excluding carboxylic acids is 1. The molecule has 0 fully saturated rings. The van der Waals surface area contributed by atoms with Gasteiger partial charge in [0.2, 0.25) is 0 Å². The minimum Gasteiger partial charge on any atom is -0.541 e. The summed E-state index contributed by atoms with van der Waals surface area (Å²) >= 11 is 0. The van der Waals surface area contributed by atoms with Crippen LogP contribution in [0.2, 0.25) is 18.1 Å². The Kier molecular flexibility index (Phi) is 6.56. The maximum atomic E-state index is 11.8. The number of nitrogens with one attached hydrogen (secondary N) is 1. The van der Waals surface area contributed by atoms with Crippen LogP contribution in [0.15, 0.2) is 18.2 Å². The van der Waals surface area contributed by atoms with Gasteiger partial charge in [0.05, 0.1) is 7.11 Å². The highest BCUT2D eigenvalue weighted by Crippen LogP contribution is 2.40. The largest absolute Gasteiger partial charge is 0.541 e. The highest BCUT2D eigenvalue weighted by Gasteiger charge is 2.39. The first kappa shape index (κ1) is 21.3. The summed E-state index contributed by atoms with van der Waals surface area (Å²) in [5.74, 6) is 1.42. The quantitative estimate of drug-likeness (QED) is 0.735. The molecule has 0 radical (unpaired) electrons. The fraction of sp³-hybridized carbons (Fsp3) is 0.632. The van der Waals surface area contributed by atoms with Gasteiger partial charge in [-0.25, -0.2) is 4.79 Å². The first-order valence-electron chi connectivity index (χ1n) is 8.58. The number of hydrogen-bond donors (Lipinski definition) is 1. The molecule has 0 unspecified atom stereocenters. The molecule has 6 heteroatoms. The molecule has 25 heavy (non-hydrogen) atoms. The molecule has 0 aliphatic heterocycles. The molecule has 1 aromatic rings. The second-order valence-electron chi connectivity index (χ2n) is 8.70. The molecule has 0 saturated heterocycles. The Bertz CT molecular complexity index is 600. The molecule has 1 aromatic carbocycles. The van der Waals surface area contributed by atoms with E-state index in [-0.39, 0.29) is 5.04 Å². The maximum absolute atomic E-state index is 11.8. The Morgan fingerprint density at radius 3 is 2.16 bits per heavy atom. The number of benzene rings is 1. The Hall–Kier alpha value is -1.69. The summed E-state index contributed by atoms with van der Waals surface area (Å²) < 4.78 is 17.1. The van der Waals surface area contributed by atoms with Gasteiger partial charge in [-0.2, -0.15) is 0 Å². The van der Waals surface area contributed by atoms with Gasteiger partial charge in [0, 0.05) is 6.54 Å². The molecule has 0 bridgehead atoms. The van der Waals surface area contributed by atoms with Gasteiger partial charge in [0.15, 0.2) is 5.75 Å². The van der Waals surface area contributed by atoms with Gasteiger partial charge in [-0.1, -0.05) is 26.8 Å². The van der Waals surface area contributed by atoms with E-state index >= 15 is 0 Å². The Morgan fingerprint density at radius 1 is 1.08 bits per heavy atom. The minimum absolute atomic E-state index is 0.106. The summed E-state index contributed by atoms with van der Waals surface area (Å²) in [4.78, 5) is 11.8. The zero-order chi connectivity index (χ0) is 19.5. The molecule has 1 amide bonds. The first-order valence-corrected chi connectivity index (χ1v) is 11.5. The van der Waals surface area contributed by atoms with E-state index in [1.807, 2.05) is 39.0 Å². The molecule has 0 spiro atoms. The monoisotopic (exact) mass is 367 g/mol. The Morgan fingerprint density at radius 2 is 1.68 bits per heavy atom. The second kappa shape index (κ2) is 7.68. The van der Waals surface area contributed by atoms with Crippen LogP contribution in [-0.4, -0.2) is 27.1 Å². The molecule has 0 heterocycles. The van der Waals surface area contributed by atoms with Crippen LogP contribution in [-0.2, 0) is 11.3 Å². The summed E-state index contributed by atoms with van der Waals surface area (Å²) in [7, 11) is -0.320. The van der Waals surface area contributed by atoms with Crippen LogP contribution < -0.4 is 14.5 Å². The third-order valence-electron chi connectivity index (χ3n) is 4.24. The van der Waals surface area contributed by atoms with E-state index in [9.17, 15) is 4.79 Å². The first-order chi connectivity index (χ1) is 11.2. The highest BCUT2D eigenvalue weighted by molar-refractivity contribution is 6.74. The lowest BCUT2D eigenvalue weighted by atomic mass is 10.2. The fourth-order valence-electron chi connectivity index (χ4n) is 1.82. The van der Waals surface area contributed by atoms with Gasteiger partial charge in [0.25, 0.3) is 8.32 Å². The van der Waals surface area contributed by atoms with E-state index in [0.717, 1.165) is 11.3 Å². The van der Waals surface area contributed by atoms with Crippen molar-refractivity contribution in [3.63, 3.8) is 0 Å². The van der Waals surface area contributed by atoms with E-state index in [1.165, 1.54) is 0 Å². The van der Waals surface area contributed by atoms with Crippen molar-refractivity contribution in [2.75, 3.05) is 7.11 Å². The Labute approximate surface area is 153 Å². The standard InChI is InChI=1S/C19H33NO4Si/c1-18(2,3)23-17(21)20-13-14-10-11-15(16(12-14)22-7)24-25(8,9)19(4,5)6/h10-12H,13H2,1-9H3,(H,20,21). The van der Waals surface area contributed by atoms with Crippen LogP contribution in [0.3, 0.4) is 0 Å². The van der Waals surface area contributed by atoms with Crippen LogP contribution in [0.4, 0.5) is 4.79 Å². The Balaban J connectivity index is 2.84. The van der Waals surface area contributed by atoms with Crippen molar-refractivity contribution < 1.29 is 18.7 Å². The molecular formula is C19H33NO4Si. The molecule has 5 nitrogen and oxygen atoms in total. The van der Waals surface area contributed by atoms with Crippen LogP contribution in [0.1, 0.15) is 47.1 Å². The lowest BCUT2D eigenvalue weighted by Gasteiger charge is -2.36. The van der Waals surface area contributed by atoms with E-state index in [1.54, 1.807) is 7.11 Å². The molecular weight excluding hydrogens is 334 g/mol. The highest BCUT2D eigenvalue weighted by atomic mass is 28.4. The summed E-state index contributed by atoms with van der Waals surface area (Å²) in [5, 5.41) is 2.86. The number of hydrogen-bond acceptors (Lipinski definition) is 4. The third-order valence-corrected chi connectivity index (χ3v) is 8.58. The summed E-state index contributed by atoms with van der Waals surface area (Å²) in [6, 6.07) is 5.73. The number of ether oxygens (including phenoxy) is 2. The topological polar surface area (TPSA) is 56.8 Å². The molecule has 0 aliphatic rings. The predicted molar refractivity (Wildman–Crippen MR) is 104 cm³/mol. The van der Waals surface area contributed by atoms with Crippen LogP contribution in [0.25, 0.3) is 0 Å². The van der Waals surface area contributed by atoms with Crippen molar-refractivity contribution in [3.8, 4) is 11.5 Å². The van der Waals surface area contributed by atoms with Crippen molar-refractivity contribution in [1.82, 2.24) is 5.32 Å². The number of methoxy groups -OCH3 is 1. The van der Waals surface area contributed by atoms with Crippen LogP contribution in [0.5, 0.6) is 11.5 Å². The van der Waals surface area contributed by atoms with Crippen molar-refractivity contribution in [2.45, 2.75) is 71.8 Å². The van der Waals surface area contributed by atoms with E-state index < -0.39 is 20.0 Å². The molecule has 0 saturated carbocycles. The predicted octanol–water partition coefficient (Wildman–Crippen LogP) is 5.10. The SMILES string of the molecule is COc1cc(CNC(=O)OC(C)(C)C)ccc1O[Si](C)(C)C(C)(C)C. The van der Waals surface area contributed by atoms with Gasteiger partial charge in [-0.3, -0.25) is 0 Å². The molecule has 142 valence electrons. The fourth-order valence-corrected chi connectivity index (χ4v) is 2.85. The zero-order valence-corrected chi connectivity index (χ0v) is 18.1. The molecule has 0 aliphatic carbocycles. The molecule has 1 rings (SSSR count). The van der Waals surface area contributed by atoms with Crippen molar-refractivity contribution in [1.29, 1.82) is 0 Å². The summed E-state index contributed by atoms with van der Waals surface area (Å²) in [6.45, 7) is 16.9. The van der Waals surface area contributed by atoms with E-state index in [4.69, 9.17) is 13.9 Å². The summed E-state index contributed by atoms with van der Waals surface area (Å²) in [6.07, 6.45) is -0.437. The normalized spacial score (nSPS) is 12.5. The third kappa shape index (κ3) is 6.61. The average molecular weight is 368 g/mol. The zero-order valence-electron chi connectivity index (χ0n) is 17.1. The van der Waals surface area contributed by atoms with Crippen molar-refractivity contribution >= 4 is 14.4 Å². The second-order valence-corrected chi connectivity index (χ2v) is 13.4. The maximum Gasteiger partial charge on any atom is 0.407 e. The van der Waals surface area contributed by atoms with Gasteiger partial charge in [0.1, 0.15) is 11.4 Å². The average Bonchev–Trinajstić information content (AvgIpc) is 2.42. The number of carbonyl (C=O) groups is 1. The molecule has 0 aromatic heterocycles. The van der Waals surface area contributed by atoms with Gasteiger partial charge < -0.3 is 19.2 Å². The number of rotatable bonds is 5. The van der Waals surface area contributed by atoms with E-state index in [0.29, 0.717) is 12.3 Å². The van der Waals surface area contributed by atoms with Crippen molar-refractivity contribution in [2.24, 2.45) is 0 Å². The smallest absolute Gasteiger partial charge is 0.407 e.